The van der Waals surface area contributed by atoms with Crippen LogP contribution in [0, 0.1) is 0 Å². The molecule has 1 amide bonds. The van der Waals surface area contributed by atoms with E-state index in [1.807, 2.05) is 22.2 Å². The molecule has 0 atom stereocenters. The molecule has 2 aromatic rings. The summed E-state index contributed by atoms with van der Waals surface area (Å²) in [6.07, 6.45) is 5.26. The van der Waals surface area contributed by atoms with Gasteiger partial charge in [-0.1, -0.05) is 0 Å². The lowest BCUT2D eigenvalue weighted by atomic mass is 10.2. The molecule has 0 aliphatic rings. The van der Waals surface area contributed by atoms with Gasteiger partial charge in [0.2, 0.25) is 0 Å². The third-order valence-electron chi connectivity index (χ3n) is 2.00. The number of carbonyl (C=O) groups is 1. The van der Waals surface area contributed by atoms with Crippen LogP contribution in [-0.4, -0.2) is 15.5 Å². The largest absolute Gasteiger partial charge is 0.333 e. The van der Waals surface area contributed by atoms with E-state index in [4.69, 9.17) is 5.84 Å². The van der Waals surface area contributed by atoms with Crippen molar-refractivity contribution in [1.82, 2.24) is 15.0 Å². The van der Waals surface area contributed by atoms with Crippen LogP contribution >= 0.6 is 11.3 Å². The Bertz CT molecular complexity index is 448. The fourth-order valence-electron chi connectivity index (χ4n) is 1.30. The molecule has 0 aliphatic heterocycles. The van der Waals surface area contributed by atoms with E-state index in [0.29, 0.717) is 11.4 Å². The van der Waals surface area contributed by atoms with Gasteiger partial charge in [-0.25, -0.2) is 10.8 Å². The first kappa shape index (κ1) is 9.88. The van der Waals surface area contributed by atoms with Crippen molar-refractivity contribution in [2.24, 2.45) is 5.84 Å². The van der Waals surface area contributed by atoms with Crippen LogP contribution in [-0.2, 0) is 6.54 Å². The number of imidazole rings is 1. The van der Waals surface area contributed by atoms with E-state index in [1.165, 1.54) is 11.3 Å². The maximum atomic E-state index is 11.4. The zero-order valence-electron chi connectivity index (χ0n) is 7.88. The molecule has 0 fully saturated rings. The number of hydrogen-bond donors (Lipinski definition) is 2. The normalized spacial score (nSPS) is 10.2. The first-order valence-electron chi connectivity index (χ1n) is 4.34. The highest BCUT2D eigenvalue weighted by Gasteiger charge is 2.11. The second-order valence-electron chi connectivity index (χ2n) is 2.98. The lowest BCUT2D eigenvalue weighted by Crippen LogP contribution is -2.30. The average molecular weight is 222 g/mol. The molecular formula is C9H10N4OS. The Hall–Kier alpha value is -1.66. The molecule has 2 heterocycles. The quantitative estimate of drug-likeness (QED) is 0.453. The van der Waals surface area contributed by atoms with E-state index in [0.717, 1.165) is 5.56 Å². The number of hydrogen-bond acceptors (Lipinski definition) is 4. The van der Waals surface area contributed by atoms with Gasteiger partial charge in [-0.2, -0.15) is 0 Å². The highest BCUT2D eigenvalue weighted by atomic mass is 32.1. The van der Waals surface area contributed by atoms with Gasteiger partial charge in [0, 0.05) is 12.4 Å². The molecular weight excluding hydrogens is 212 g/mol. The molecule has 0 unspecified atom stereocenters. The van der Waals surface area contributed by atoms with Gasteiger partial charge in [-0.3, -0.25) is 10.2 Å². The number of nitrogens with zero attached hydrogens (tertiary/aromatic N) is 2. The fraction of sp³-hybridized carbons (Fsp3) is 0.111. The molecule has 0 aliphatic carbocycles. The highest BCUT2D eigenvalue weighted by molar-refractivity contribution is 7.12. The zero-order valence-corrected chi connectivity index (χ0v) is 8.70. The van der Waals surface area contributed by atoms with Gasteiger partial charge in [0.15, 0.2) is 0 Å². The van der Waals surface area contributed by atoms with E-state index in [2.05, 4.69) is 10.4 Å². The van der Waals surface area contributed by atoms with Crippen molar-refractivity contribution in [1.29, 1.82) is 0 Å². The second-order valence-corrected chi connectivity index (χ2v) is 3.90. The summed E-state index contributed by atoms with van der Waals surface area (Å²) in [5.41, 5.74) is 3.08. The predicted molar refractivity (Wildman–Crippen MR) is 57.3 cm³/mol. The summed E-state index contributed by atoms with van der Waals surface area (Å²) >= 11 is 1.38. The third kappa shape index (κ3) is 2.05. The number of nitrogens with two attached hydrogens (primary N) is 1. The minimum Gasteiger partial charge on any atom is -0.333 e. The molecule has 15 heavy (non-hydrogen) atoms. The van der Waals surface area contributed by atoms with Crippen molar-refractivity contribution in [3.63, 3.8) is 0 Å². The molecule has 78 valence electrons. The van der Waals surface area contributed by atoms with Crippen LogP contribution in [0.2, 0.25) is 0 Å². The van der Waals surface area contributed by atoms with E-state index in [9.17, 15) is 4.79 Å². The minimum atomic E-state index is -0.250. The summed E-state index contributed by atoms with van der Waals surface area (Å²) in [5, 5.41) is 1.87. The highest BCUT2D eigenvalue weighted by Crippen LogP contribution is 2.17. The molecule has 0 spiro atoms. The van der Waals surface area contributed by atoms with Crippen molar-refractivity contribution in [3.8, 4) is 0 Å². The van der Waals surface area contributed by atoms with Crippen molar-refractivity contribution < 1.29 is 4.79 Å². The summed E-state index contributed by atoms with van der Waals surface area (Å²) in [7, 11) is 0. The Kier molecular flexibility index (Phi) is 2.79. The molecule has 0 saturated carbocycles. The average Bonchev–Trinajstić information content (AvgIpc) is 2.88. The number of thiophene rings is 1. The van der Waals surface area contributed by atoms with E-state index >= 15 is 0 Å². The van der Waals surface area contributed by atoms with Gasteiger partial charge >= 0.3 is 0 Å². The smallest absolute Gasteiger partial charge is 0.275 e. The summed E-state index contributed by atoms with van der Waals surface area (Å²) in [5.74, 6) is 4.84. The van der Waals surface area contributed by atoms with Gasteiger partial charge in [-0.05, 0) is 17.0 Å². The number of rotatable bonds is 3. The van der Waals surface area contributed by atoms with Crippen LogP contribution in [0.1, 0.15) is 15.2 Å². The number of hydrazine groups is 1. The van der Waals surface area contributed by atoms with Crippen LogP contribution in [0.5, 0.6) is 0 Å². The van der Waals surface area contributed by atoms with Crippen LogP contribution in [0.15, 0.2) is 30.2 Å². The monoisotopic (exact) mass is 222 g/mol. The standard InChI is InChI=1S/C9H10N4OS/c10-12-9(14)8-7(1-4-15-8)5-13-3-2-11-6-13/h1-4,6H,5,10H2,(H,12,14). The number of carbonyl (C=O) groups excluding carboxylic acids is 1. The van der Waals surface area contributed by atoms with Gasteiger partial charge in [0.05, 0.1) is 17.7 Å². The molecule has 0 saturated heterocycles. The van der Waals surface area contributed by atoms with Crippen molar-refractivity contribution >= 4 is 17.2 Å². The molecule has 0 radical (unpaired) electrons. The van der Waals surface area contributed by atoms with E-state index in [1.54, 1.807) is 12.5 Å². The Labute approximate surface area is 90.5 Å². The first-order chi connectivity index (χ1) is 7.31. The van der Waals surface area contributed by atoms with Crippen LogP contribution in [0.3, 0.4) is 0 Å². The number of nitrogen functional groups attached to an aromatic ring is 1. The lowest BCUT2D eigenvalue weighted by Gasteiger charge is -2.03. The summed E-state index contributed by atoms with van der Waals surface area (Å²) in [4.78, 5) is 16.0. The molecule has 2 aromatic heterocycles. The third-order valence-corrected chi connectivity index (χ3v) is 2.95. The maximum absolute atomic E-state index is 11.4. The maximum Gasteiger partial charge on any atom is 0.275 e. The number of amides is 1. The van der Waals surface area contributed by atoms with E-state index < -0.39 is 0 Å². The van der Waals surface area contributed by atoms with Crippen molar-refractivity contribution in [2.75, 3.05) is 0 Å². The molecule has 0 aromatic carbocycles. The number of nitrogens with one attached hydrogen (secondary N) is 1. The SMILES string of the molecule is NNC(=O)c1sccc1Cn1ccnc1. The molecule has 5 nitrogen and oxygen atoms in total. The molecule has 0 bridgehead atoms. The summed E-state index contributed by atoms with van der Waals surface area (Å²) in [6, 6.07) is 1.91. The Morgan fingerprint density at radius 3 is 3.20 bits per heavy atom. The Morgan fingerprint density at radius 2 is 2.53 bits per heavy atom. The summed E-state index contributed by atoms with van der Waals surface area (Å²) in [6.45, 7) is 0.631. The van der Waals surface area contributed by atoms with E-state index in [-0.39, 0.29) is 5.91 Å². The number of aromatic nitrogens is 2. The van der Waals surface area contributed by atoms with Crippen LogP contribution in [0.4, 0.5) is 0 Å². The van der Waals surface area contributed by atoms with Gasteiger partial charge in [0.1, 0.15) is 0 Å². The topological polar surface area (TPSA) is 72.9 Å². The molecule has 3 N–H and O–H groups in total. The molecule has 6 heteroatoms. The first-order valence-corrected chi connectivity index (χ1v) is 5.22. The van der Waals surface area contributed by atoms with Gasteiger partial charge < -0.3 is 4.57 Å². The predicted octanol–water partition coefficient (Wildman–Crippen LogP) is 0.596. The minimum absolute atomic E-state index is 0.250. The van der Waals surface area contributed by atoms with Crippen molar-refractivity contribution in [2.45, 2.75) is 6.54 Å². The summed E-state index contributed by atoms with van der Waals surface area (Å²) < 4.78 is 1.90. The Balaban J connectivity index is 2.22. The van der Waals surface area contributed by atoms with Gasteiger partial charge in [-0.15, -0.1) is 11.3 Å². The van der Waals surface area contributed by atoms with Crippen LogP contribution in [0.25, 0.3) is 0 Å². The lowest BCUT2D eigenvalue weighted by molar-refractivity contribution is 0.0957. The van der Waals surface area contributed by atoms with Crippen molar-refractivity contribution in [3.05, 3.63) is 40.6 Å². The molecule has 2 rings (SSSR count). The zero-order chi connectivity index (χ0) is 10.7. The van der Waals surface area contributed by atoms with Gasteiger partial charge in [0.25, 0.3) is 5.91 Å². The second kappa shape index (κ2) is 4.24. The fourth-order valence-corrected chi connectivity index (χ4v) is 2.12. The Morgan fingerprint density at radius 1 is 1.67 bits per heavy atom. The van der Waals surface area contributed by atoms with Crippen LogP contribution < -0.4 is 11.3 Å².